The maximum atomic E-state index is 13.4. The van der Waals surface area contributed by atoms with Crippen LogP contribution in [0.5, 0.6) is 0 Å². The first-order chi connectivity index (χ1) is 31.9. The third-order valence-corrected chi connectivity index (χ3v) is 12.2. The molecule has 0 saturated heterocycles. The number of carbonyl (C=O) groups is 2. The number of ether oxygens (including phenoxy) is 1. The molecular weight excluding hydrogens is 844 g/mol. The number of rotatable bonds is 46. The van der Waals surface area contributed by atoms with Crippen LogP contribution in [-0.2, 0) is 27.9 Å². The molecule has 3 unspecified atom stereocenters. The fourth-order valence-corrected chi connectivity index (χ4v) is 7.85. The van der Waals surface area contributed by atoms with Crippen LogP contribution >= 0.6 is 7.82 Å². The van der Waals surface area contributed by atoms with Gasteiger partial charge < -0.3 is 19.4 Å². The van der Waals surface area contributed by atoms with E-state index in [1.165, 1.54) is 70.6 Å². The largest absolute Gasteiger partial charge is 0.472 e. The smallest absolute Gasteiger partial charge is 0.456 e. The summed E-state index contributed by atoms with van der Waals surface area (Å²) in [5, 5.41) is 3.02. The summed E-state index contributed by atoms with van der Waals surface area (Å²) in [5.41, 5.74) is 0. The summed E-state index contributed by atoms with van der Waals surface area (Å²) in [5.74, 6) is -0.551. The molecule has 3 atom stereocenters. The number of carbonyl (C=O) groups excluding carboxylic acids is 2. The topological polar surface area (TPSA) is 111 Å². The van der Waals surface area contributed by atoms with Crippen molar-refractivity contribution in [2.45, 2.75) is 219 Å². The molecule has 0 aromatic carbocycles. The fourth-order valence-electron chi connectivity index (χ4n) is 7.11. The molecule has 0 radical (unpaired) electrons. The van der Waals surface area contributed by atoms with Crippen molar-refractivity contribution in [3.8, 4) is 0 Å². The average molecular weight is 944 g/mol. The molecule has 0 rings (SSSR count). The second-order valence-electron chi connectivity index (χ2n) is 18.8. The van der Waals surface area contributed by atoms with Crippen molar-refractivity contribution >= 4 is 19.7 Å². The number of hydrogen-bond acceptors (Lipinski definition) is 6. The molecule has 0 aromatic rings. The number of esters is 1. The molecule has 380 valence electrons. The first-order valence-corrected chi connectivity index (χ1v) is 28.0. The standard InChI is InChI=1S/C56H99N2O7P/c1-7-10-13-16-19-22-25-28-29-31-33-36-39-42-45-48-55(59)57-53(52-64-66(61,62)63-51-50-58(4,5)6)54(47-44-41-38-35-32-27-24-21-18-15-12-9-3)65-56(60)49-46-43-40-37-34-30-26-23-20-17-14-11-8-2/h10-11,13-14,16-17,19-20,22-23,25-26,44,47,53-54H,7-9,12,15,18,21,24,27-43,45-46,48-52H2,1-6H3,(H-,57,59,61,62)/p+1/b13-10+,14-11+,19-16+,20-17+,25-22+,26-23-,47-44+. The van der Waals surface area contributed by atoms with Crippen LogP contribution in [0.2, 0.25) is 0 Å². The molecule has 0 fully saturated rings. The van der Waals surface area contributed by atoms with Crippen LogP contribution in [0.4, 0.5) is 0 Å². The highest BCUT2D eigenvalue weighted by Crippen LogP contribution is 2.43. The third-order valence-electron chi connectivity index (χ3n) is 11.2. The molecule has 0 spiro atoms. The van der Waals surface area contributed by atoms with Crippen LogP contribution in [0.1, 0.15) is 207 Å². The molecule has 1 amide bonds. The summed E-state index contributed by atoms with van der Waals surface area (Å²) in [6.45, 7) is 6.70. The van der Waals surface area contributed by atoms with E-state index in [9.17, 15) is 19.0 Å². The van der Waals surface area contributed by atoms with Gasteiger partial charge in [0.1, 0.15) is 19.3 Å². The Morgan fingerprint density at radius 3 is 1.44 bits per heavy atom. The van der Waals surface area contributed by atoms with Crippen molar-refractivity contribution < 1.29 is 37.3 Å². The molecule has 0 bridgehead atoms. The highest BCUT2D eigenvalue weighted by atomic mass is 31.2. The molecular formula is C56H100N2O7P+. The fraction of sp³-hybridized carbons (Fsp3) is 0.714. The van der Waals surface area contributed by atoms with Gasteiger partial charge >= 0.3 is 13.8 Å². The molecule has 0 aliphatic carbocycles. The molecule has 0 aliphatic heterocycles. The molecule has 0 saturated carbocycles. The SMILES string of the molecule is CC/C=C/C=C/C=C\CCCCCCCC(=O)OC(/C=C/CCCCCCCCCCCC)C(COP(=O)(O)OCC[N+](C)(C)C)NC(=O)CCCCCCCCC/C=C/C=C/C=C/CC. The lowest BCUT2D eigenvalue weighted by Crippen LogP contribution is -2.47. The first kappa shape index (κ1) is 63.2. The van der Waals surface area contributed by atoms with Crippen LogP contribution in [0, 0.1) is 0 Å². The number of amides is 1. The van der Waals surface area contributed by atoms with E-state index >= 15 is 0 Å². The quantitative estimate of drug-likeness (QED) is 0.0156. The average Bonchev–Trinajstić information content (AvgIpc) is 3.27. The molecule has 0 heterocycles. The predicted molar refractivity (Wildman–Crippen MR) is 281 cm³/mol. The summed E-state index contributed by atoms with van der Waals surface area (Å²) in [6, 6.07) is -0.865. The summed E-state index contributed by atoms with van der Waals surface area (Å²) in [6.07, 6.45) is 58.6. The number of nitrogens with zero attached hydrogens (tertiary/aromatic N) is 1. The van der Waals surface area contributed by atoms with Gasteiger partial charge in [0.05, 0.1) is 33.8 Å². The number of phosphoric ester groups is 1. The van der Waals surface area contributed by atoms with Gasteiger partial charge in [0.2, 0.25) is 5.91 Å². The van der Waals surface area contributed by atoms with Gasteiger partial charge in [-0.1, -0.05) is 209 Å². The van der Waals surface area contributed by atoms with Crippen molar-refractivity contribution in [2.75, 3.05) is 40.9 Å². The molecule has 2 N–H and O–H groups in total. The number of phosphoric acid groups is 1. The Morgan fingerprint density at radius 1 is 0.545 bits per heavy atom. The minimum absolute atomic E-state index is 0.0301. The maximum Gasteiger partial charge on any atom is 0.472 e. The molecule has 0 aliphatic rings. The second kappa shape index (κ2) is 45.9. The Morgan fingerprint density at radius 2 is 0.970 bits per heavy atom. The van der Waals surface area contributed by atoms with Crippen LogP contribution in [-0.4, -0.2) is 74.3 Å². The van der Waals surface area contributed by atoms with E-state index in [0.29, 0.717) is 23.9 Å². The zero-order valence-corrected chi connectivity index (χ0v) is 44.1. The van der Waals surface area contributed by atoms with Gasteiger partial charge in [-0.2, -0.15) is 0 Å². The van der Waals surface area contributed by atoms with Crippen LogP contribution in [0.25, 0.3) is 0 Å². The number of unbranched alkanes of at least 4 members (excludes halogenated alkanes) is 22. The van der Waals surface area contributed by atoms with E-state index in [1.54, 1.807) is 0 Å². The zero-order chi connectivity index (χ0) is 48.7. The maximum absolute atomic E-state index is 13.4. The minimum atomic E-state index is -4.45. The van der Waals surface area contributed by atoms with Crippen LogP contribution < -0.4 is 5.32 Å². The van der Waals surface area contributed by atoms with E-state index < -0.39 is 20.0 Å². The zero-order valence-electron chi connectivity index (χ0n) is 43.2. The van der Waals surface area contributed by atoms with Gasteiger partial charge in [-0.15, -0.1) is 0 Å². The van der Waals surface area contributed by atoms with E-state index in [-0.39, 0.29) is 31.5 Å². The van der Waals surface area contributed by atoms with Crippen LogP contribution in [0.3, 0.4) is 0 Å². The highest BCUT2D eigenvalue weighted by Gasteiger charge is 2.30. The Bertz CT molecular complexity index is 1410. The Labute approximate surface area is 406 Å². The van der Waals surface area contributed by atoms with Crippen molar-refractivity contribution in [3.05, 3.63) is 85.1 Å². The van der Waals surface area contributed by atoms with Gasteiger partial charge in [0.15, 0.2) is 0 Å². The number of quaternary nitrogens is 1. The number of hydrogen-bond donors (Lipinski definition) is 2. The van der Waals surface area contributed by atoms with E-state index in [1.807, 2.05) is 39.4 Å². The monoisotopic (exact) mass is 944 g/mol. The highest BCUT2D eigenvalue weighted by molar-refractivity contribution is 7.47. The van der Waals surface area contributed by atoms with E-state index in [4.69, 9.17) is 13.8 Å². The number of nitrogens with one attached hydrogen (secondary N) is 1. The van der Waals surface area contributed by atoms with Gasteiger partial charge in [-0.05, 0) is 70.3 Å². The lowest BCUT2D eigenvalue weighted by Gasteiger charge is -2.27. The molecule has 10 heteroatoms. The Hall–Kier alpha value is -2.81. The van der Waals surface area contributed by atoms with Gasteiger partial charge in [-0.25, -0.2) is 4.57 Å². The van der Waals surface area contributed by atoms with Crippen molar-refractivity contribution in [2.24, 2.45) is 0 Å². The lowest BCUT2D eigenvalue weighted by atomic mass is 10.0. The molecule has 9 nitrogen and oxygen atoms in total. The van der Waals surface area contributed by atoms with Crippen molar-refractivity contribution in [1.29, 1.82) is 0 Å². The van der Waals surface area contributed by atoms with Gasteiger partial charge in [-0.3, -0.25) is 18.6 Å². The molecule has 0 aromatic heterocycles. The number of allylic oxidation sites excluding steroid dienone is 13. The van der Waals surface area contributed by atoms with Crippen molar-refractivity contribution in [1.82, 2.24) is 5.32 Å². The Balaban J connectivity index is 5.47. The number of likely N-dealkylation sites (N-methyl/N-ethyl adjacent to an activating group) is 1. The van der Waals surface area contributed by atoms with Gasteiger partial charge in [0, 0.05) is 12.8 Å². The van der Waals surface area contributed by atoms with E-state index in [2.05, 4.69) is 92.9 Å². The van der Waals surface area contributed by atoms with E-state index in [0.717, 1.165) is 96.3 Å². The third kappa shape index (κ3) is 46.3. The second-order valence-corrected chi connectivity index (χ2v) is 20.2. The summed E-state index contributed by atoms with van der Waals surface area (Å²) in [7, 11) is 1.46. The molecule has 66 heavy (non-hydrogen) atoms. The van der Waals surface area contributed by atoms with Crippen molar-refractivity contribution in [3.63, 3.8) is 0 Å². The summed E-state index contributed by atoms with van der Waals surface area (Å²) < 4.78 is 30.5. The first-order valence-electron chi connectivity index (χ1n) is 26.5. The predicted octanol–water partition coefficient (Wildman–Crippen LogP) is 15.5. The van der Waals surface area contributed by atoms with Crippen LogP contribution in [0.15, 0.2) is 85.1 Å². The summed E-state index contributed by atoms with van der Waals surface area (Å²) >= 11 is 0. The summed E-state index contributed by atoms with van der Waals surface area (Å²) in [4.78, 5) is 37.4. The minimum Gasteiger partial charge on any atom is -0.456 e. The normalized spacial score (nSPS) is 14.6. The lowest BCUT2D eigenvalue weighted by molar-refractivity contribution is -0.870. The Kier molecular flexibility index (Phi) is 44.0. The van der Waals surface area contributed by atoms with Gasteiger partial charge in [0.25, 0.3) is 0 Å².